The largest absolute Gasteiger partial charge is 0.480 e. The first-order chi connectivity index (χ1) is 20.9. The Balaban J connectivity index is 1.46. The molecule has 8 heteroatoms. The van der Waals surface area contributed by atoms with E-state index < -0.39 is 12.1 Å². The molecule has 220 valence electrons. The molecule has 0 aliphatic carbocycles. The van der Waals surface area contributed by atoms with Crippen LogP contribution in [-0.2, 0) is 4.79 Å². The molecule has 2 N–H and O–H groups in total. The van der Waals surface area contributed by atoms with E-state index in [0.717, 1.165) is 11.1 Å². The molecule has 4 aromatic carbocycles. The van der Waals surface area contributed by atoms with Crippen molar-refractivity contribution in [1.82, 2.24) is 9.80 Å². The van der Waals surface area contributed by atoms with Crippen molar-refractivity contribution in [3.8, 4) is 5.75 Å². The summed E-state index contributed by atoms with van der Waals surface area (Å²) in [5.74, 6) is 0.179. The van der Waals surface area contributed by atoms with Crippen molar-refractivity contribution >= 4 is 29.2 Å². The Morgan fingerprint density at radius 3 is 2.00 bits per heavy atom. The molecule has 5 rings (SSSR count). The van der Waals surface area contributed by atoms with Gasteiger partial charge in [0, 0.05) is 37.9 Å². The van der Waals surface area contributed by atoms with Gasteiger partial charge in [-0.1, -0.05) is 78.9 Å². The van der Waals surface area contributed by atoms with Crippen LogP contribution in [0.3, 0.4) is 0 Å². The minimum Gasteiger partial charge on any atom is -0.480 e. The Kier molecular flexibility index (Phi) is 9.36. The summed E-state index contributed by atoms with van der Waals surface area (Å²) in [5.41, 5.74) is 3.32. The lowest BCUT2D eigenvalue weighted by Gasteiger charge is -2.27. The fraction of sp³-hybridized carbons (Fsp3) is 0.229. The summed E-state index contributed by atoms with van der Waals surface area (Å²) in [6.45, 7) is 5.03. The van der Waals surface area contributed by atoms with Gasteiger partial charge in [-0.05, 0) is 54.8 Å². The van der Waals surface area contributed by atoms with Gasteiger partial charge in [0.1, 0.15) is 11.9 Å². The number of hydrogen-bond acceptors (Lipinski definition) is 4. The molecule has 4 amide bonds. The topological polar surface area (TPSA) is 91.0 Å². The number of urea groups is 1. The van der Waals surface area contributed by atoms with E-state index in [0.29, 0.717) is 48.7 Å². The van der Waals surface area contributed by atoms with Crippen LogP contribution in [0.4, 0.5) is 16.2 Å². The molecule has 1 aliphatic heterocycles. The number of anilines is 2. The normalized spacial score (nSPS) is 14.3. The highest BCUT2D eigenvalue weighted by molar-refractivity contribution is 6.02. The Morgan fingerprint density at radius 2 is 1.42 bits per heavy atom. The maximum Gasteiger partial charge on any atom is 0.323 e. The van der Waals surface area contributed by atoms with Gasteiger partial charge in [-0.15, -0.1) is 0 Å². The number of hydrogen-bond donors (Lipinski definition) is 2. The molecule has 1 atom stereocenters. The number of likely N-dealkylation sites (tertiary alicyclic amines) is 1. The van der Waals surface area contributed by atoms with E-state index in [1.807, 2.05) is 85.8 Å². The summed E-state index contributed by atoms with van der Waals surface area (Å²) < 4.78 is 6.65. The average Bonchev–Trinajstić information content (AvgIpc) is 3.51. The molecule has 8 nitrogen and oxygen atoms in total. The summed E-state index contributed by atoms with van der Waals surface area (Å²) in [5, 5.41) is 5.65. The van der Waals surface area contributed by atoms with Crippen molar-refractivity contribution in [2.24, 2.45) is 0 Å². The number of likely N-dealkylation sites (N-methyl/N-ethyl adjacent to an activating group) is 1. The van der Waals surface area contributed by atoms with Crippen molar-refractivity contribution in [2.75, 3.05) is 30.3 Å². The number of rotatable bonds is 9. The SMILES string of the molecule is CCN(C(C)=O)C1CCN(C(=O)c2cc(NC(=O)Nc3ccccc3)ccc2OC(c2ccccc2)c2ccccc2)C1. The van der Waals surface area contributed by atoms with E-state index in [2.05, 4.69) is 10.6 Å². The van der Waals surface area contributed by atoms with Gasteiger partial charge in [0.05, 0.1) is 11.6 Å². The van der Waals surface area contributed by atoms with E-state index in [1.54, 1.807) is 47.1 Å². The first-order valence-corrected chi connectivity index (χ1v) is 14.5. The number of para-hydroxylation sites is 1. The lowest BCUT2D eigenvalue weighted by molar-refractivity contribution is -0.130. The molecule has 0 spiro atoms. The minimum atomic E-state index is -0.464. The van der Waals surface area contributed by atoms with Gasteiger partial charge in [-0.25, -0.2) is 4.79 Å². The molecular formula is C35H36N4O4. The first kappa shape index (κ1) is 29.4. The van der Waals surface area contributed by atoms with Crippen LogP contribution in [0, 0.1) is 0 Å². The van der Waals surface area contributed by atoms with Gasteiger partial charge in [-0.2, -0.15) is 0 Å². The standard InChI is InChI=1S/C35H36N4O4/c1-3-39(25(2)40)30-21-22-38(24-30)34(41)31-23-29(37-35(42)36-28-17-11-6-12-18-28)19-20-32(31)43-33(26-13-7-4-8-14-26)27-15-9-5-10-16-27/h4-20,23,30,33H,3,21-22,24H2,1-2H3,(H2,36,37,42). The molecule has 1 saturated heterocycles. The third kappa shape index (κ3) is 7.22. The predicted molar refractivity (Wildman–Crippen MR) is 168 cm³/mol. The van der Waals surface area contributed by atoms with Crippen molar-refractivity contribution in [1.29, 1.82) is 0 Å². The van der Waals surface area contributed by atoms with Crippen LogP contribution >= 0.6 is 0 Å². The zero-order chi connectivity index (χ0) is 30.2. The van der Waals surface area contributed by atoms with Crippen LogP contribution in [-0.4, -0.2) is 53.3 Å². The minimum absolute atomic E-state index is 0.00462. The summed E-state index contributed by atoms with van der Waals surface area (Å²) in [7, 11) is 0. The molecule has 1 heterocycles. The maximum atomic E-state index is 14.1. The van der Waals surface area contributed by atoms with Crippen LogP contribution in [0.1, 0.15) is 47.9 Å². The Hall–Kier alpha value is -5.11. The molecule has 1 aliphatic rings. The van der Waals surface area contributed by atoms with Gasteiger partial charge in [0.25, 0.3) is 5.91 Å². The van der Waals surface area contributed by atoms with Crippen LogP contribution in [0.2, 0.25) is 0 Å². The van der Waals surface area contributed by atoms with E-state index in [9.17, 15) is 14.4 Å². The van der Waals surface area contributed by atoms with Gasteiger partial charge in [0.15, 0.2) is 0 Å². The fourth-order valence-corrected chi connectivity index (χ4v) is 5.49. The zero-order valence-electron chi connectivity index (χ0n) is 24.4. The van der Waals surface area contributed by atoms with Crippen molar-refractivity contribution in [2.45, 2.75) is 32.4 Å². The van der Waals surface area contributed by atoms with Gasteiger partial charge in [-0.3, -0.25) is 9.59 Å². The molecule has 4 aromatic rings. The number of amides is 4. The highest BCUT2D eigenvalue weighted by Crippen LogP contribution is 2.33. The van der Waals surface area contributed by atoms with E-state index in [4.69, 9.17) is 4.74 Å². The number of carbonyl (C=O) groups excluding carboxylic acids is 3. The quantitative estimate of drug-likeness (QED) is 0.235. The molecule has 0 saturated carbocycles. The van der Waals surface area contributed by atoms with Crippen LogP contribution in [0.5, 0.6) is 5.75 Å². The van der Waals surface area contributed by atoms with E-state index in [1.165, 1.54) is 0 Å². The second-order valence-electron chi connectivity index (χ2n) is 10.5. The Morgan fingerprint density at radius 1 is 0.837 bits per heavy atom. The molecule has 0 aromatic heterocycles. The smallest absolute Gasteiger partial charge is 0.323 e. The fourth-order valence-electron chi connectivity index (χ4n) is 5.49. The van der Waals surface area contributed by atoms with E-state index >= 15 is 0 Å². The highest BCUT2D eigenvalue weighted by atomic mass is 16.5. The average molecular weight is 577 g/mol. The predicted octanol–water partition coefficient (Wildman–Crippen LogP) is 6.58. The second kappa shape index (κ2) is 13.7. The van der Waals surface area contributed by atoms with Gasteiger partial charge < -0.3 is 25.2 Å². The summed E-state index contributed by atoms with van der Waals surface area (Å²) in [6, 6.07) is 33.5. The molecule has 0 bridgehead atoms. The van der Waals surface area contributed by atoms with Gasteiger partial charge >= 0.3 is 6.03 Å². The number of ether oxygens (including phenoxy) is 1. The van der Waals surface area contributed by atoms with Crippen molar-refractivity contribution in [3.63, 3.8) is 0 Å². The summed E-state index contributed by atoms with van der Waals surface area (Å²) >= 11 is 0. The third-order valence-corrected chi connectivity index (χ3v) is 7.59. The lowest BCUT2D eigenvalue weighted by atomic mass is 10.0. The third-order valence-electron chi connectivity index (χ3n) is 7.59. The number of benzene rings is 4. The maximum absolute atomic E-state index is 14.1. The number of carbonyl (C=O) groups is 3. The number of nitrogens with one attached hydrogen (secondary N) is 2. The van der Waals surface area contributed by atoms with Crippen molar-refractivity contribution < 1.29 is 19.1 Å². The molecular weight excluding hydrogens is 540 g/mol. The van der Waals surface area contributed by atoms with Crippen LogP contribution < -0.4 is 15.4 Å². The van der Waals surface area contributed by atoms with Crippen LogP contribution in [0.25, 0.3) is 0 Å². The Labute approximate surface area is 252 Å². The molecule has 1 unspecified atom stereocenters. The number of nitrogens with zero attached hydrogens (tertiary/aromatic N) is 2. The summed E-state index contributed by atoms with van der Waals surface area (Å²) in [4.78, 5) is 42.6. The first-order valence-electron chi connectivity index (χ1n) is 14.5. The molecule has 0 radical (unpaired) electrons. The van der Waals surface area contributed by atoms with Crippen molar-refractivity contribution in [3.05, 3.63) is 126 Å². The lowest BCUT2D eigenvalue weighted by Crippen LogP contribution is -2.41. The van der Waals surface area contributed by atoms with Crippen LogP contribution in [0.15, 0.2) is 109 Å². The van der Waals surface area contributed by atoms with E-state index in [-0.39, 0.29) is 17.9 Å². The highest BCUT2D eigenvalue weighted by Gasteiger charge is 2.33. The summed E-state index contributed by atoms with van der Waals surface area (Å²) in [6.07, 6.45) is 0.234. The zero-order valence-corrected chi connectivity index (χ0v) is 24.4. The molecule has 43 heavy (non-hydrogen) atoms. The molecule has 1 fully saturated rings. The van der Waals surface area contributed by atoms with Gasteiger partial charge in [0.2, 0.25) is 5.91 Å². The Bertz CT molecular complexity index is 1510. The second-order valence-corrected chi connectivity index (χ2v) is 10.5. The monoisotopic (exact) mass is 576 g/mol.